The second kappa shape index (κ2) is 8.79. The number of hydrogen-bond donors (Lipinski definition) is 2. The Bertz CT molecular complexity index is 530. The summed E-state index contributed by atoms with van der Waals surface area (Å²) in [5.74, 6) is 0.192. The van der Waals surface area contributed by atoms with Crippen molar-refractivity contribution in [1.82, 2.24) is 15.5 Å². The summed E-state index contributed by atoms with van der Waals surface area (Å²) in [6.45, 7) is 5.39. The minimum Gasteiger partial charge on any atom is -0.384 e. The quantitative estimate of drug-likeness (QED) is 0.825. The van der Waals surface area contributed by atoms with Crippen LogP contribution in [0.15, 0.2) is 30.3 Å². The number of nitrogens with one attached hydrogen (secondary N) is 2. The maximum Gasteiger partial charge on any atom is 0.228 e. The highest BCUT2D eigenvalue weighted by molar-refractivity contribution is 5.83. The summed E-state index contributed by atoms with van der Waals surface area (Å²) < 4.78 is 5.38. The topological polar surface area (TPSA) is 53.6 Å². The summed E-state index contributed by atoms with van der Waals surface area (Å²) >= 11 is 0. The van der Waals surface area contributed by atoms with E-state index in [1.54, 1.807) is 7.11 Å². The first-order valence-electron chi connectivity index (χ1n) is 9.49. The van der Waals surface area contributed by atoms with Gasteiger partial charge in [0, 0.05) is 32.8 Å². The average Bonchev–Trinajstić information content (AvgIpc) is 2.65. The predicted octanol–water partition coefficient (Wildman–Crippen LogP) is 1.78. The second-order valence-corrected chi connectivity index (χ2v) is 7.47. The minimum absolute atomic E-state index is 0.192. The maximum atomic E-state index is 12.9. The molecule has 0 atom stereocenters. The number of ether oxygens (including phenoxy) is 1. The molecule has 0 unspecified atom stereocenters. The van der Waals surface area contributed by atoms with Crippen molar-refractivity contribution in [2.75, 3.05) is 39.9 Å². The van der Waals surface area contributed by atoms with Gasteiger partial charge in [-0.25, -0.2) is 0 Å². The summed E-state index contributed by atoms with van der Waals surface area (Å²) in [5.41, 5.74) is 1.01. The van der Waals surface area contributed by atoms with Gasteiger partial charge in [0.25, 0.3) is 0 Å². The standard InChI is InChI=1S/C20H31N3O2/c1-25-16-20(9-11-21-12-10-20)19(24)22-18-7-13-23(14-8-18)15-17-5-3-2-4-6-17/h2-6,18,21H,7-16H2,1H3,(H,22,24). The van der Waals surface area contributed by atoms with Crippen LogP contribution in [0.3, 0.4) is 0 Å². The van der Waals surface area contributed by atoms with Gasteiger partial charge in [-0.3, -0.25) is 9.69 Å². The number of rotatable bonds is 6. The number of benzene rings is 1. The van der Waals surface area contributed by atoms with E-state index in [1.807, 2.05) is 0 Å². The molecular weight excluding hydrogens is 314 g/mol. The third-order valence-electron chi connectivity index (χ3n) is 5.63. The molecule has 3 rings (SSSR count). The molecule has 0 bridgehead atoms. The van der Waals surface area contributed by atoms with Crippen molar-refractivity contribution in [2.45, 2.75) is 38.3 Å². The molecule has 0 aliphatic carbocycles. The molecule has 2 heterocycles. The Morgan fingerprint density at radius 1 is 1.24 bits per heavy atom. The summed E-state index contributed by atoms with van der Waals surface area (Å²) in [5, 5.41) is 6.67. The van der Waals surface area contributed by atoms with Crippen LogP contribution in [0.4, 0.5) is 0 Å². The lowest BCUT2D eigenvalue weighted by Crippen LogP contribution is -2.54. The fourth-order valence-electron chi connectivity index (χ4n) is 4.03. The van der Waals surface area contributed by atoms with Crippen LogP contribution in [0.25, 0.3) is 0 Å². The molecule has 0 aromatic heterocycles. The lowest BCUT2D eigenvalue weighted by atomic mass is 9.78. The minimum atomic E-state index is -0.346. The molecule has 5 heteroatoms. The largest absolute Gasteiger partial charge is 0.384 e. The van der Waals surface area contributed by atoms with E-state index in [4.69, 9.17) is 4.74 Å². The monoisotopic (exact) mass is 345 g/mol. The van der Waals surface area contributed by atoms with Gasteiger partial charge in [-0.2, -0.15) is 0 Å². The van der Waals surface area contributed by atoms with E-state index >= 15 is 0 Å². The molecule has 1 aromatic rings. The van der Waals surface area contributed by atoms with Gasteiger partial charge in [-0.05, 0) is 44.3 Å². The highest BCUT2D eigenvalue weighted by atomic mass is 16.5. The Hall–Kier alpha value is -1.43. The van der Waals surface area contributed by atoms with E-state index in [0.29, 0.717) is 12.6 Å². The lowest BCUT2D eigenvalue weighted by molar-refractivity contribution is -0.137. The number of carbonyl (C=O) groups excluding carboxylic acids is 1. The number of carbonyl (C=O) groups is 1. The normalized spacial score (nSPS) is 21.8. The summed E-state index contributed by atoms with van der Waals surface area (Å²) in [4.78, 5) is 15.4. The Morgan fingerprint density at radius 3 is 2.56 bits per heavy atom. The van der Waals surface area contributed by atoms with Crippen LogP contribution < -0.4 is 10.6 Å². The zero-order valence-electron chi connectivity index (χ0n) is 15.3. The number of likely N-dealkylation sites (tertiary alicyclic amines) is 1. The molecule has 2 aliphatic heterocycles. The van der Waals surface area contributed by atoms with Crippen molar-refractivity contribution in [3.05, 3.63) is 35.9 Å². The fourth-order valence-corrected chi connectivity index (χ4v) is 4.03. The molecule has 2 saturated heterocycles. The number of amides is 1. The van der Waals surface area contributed by atoms with Crippen LogP contribution in [0.1, 0.15) is 31.2 Å². The first-order chi connectivity index (χ1) is 12.2. The van der Waals surface area contributed by atoms with Crippen LogP contribution in [-0.2, 0) is 16.1 Å². The van der Waals surface area contributed by atoms with Crippen LogP contribution in [0.5, 0.6) is 0 Å². The Kier molecular flexibility index (Phi) is 6.45. The van der Waals surface area contributed by atoms with Crippen molar-refractivity contribution in [2.24, 2.45) is 5.41 Å². The lowest BCUT2D eigenvalue weighted by Gasteiger charge is -2.38. The van der Waals surface area contributed by atoms with Gasteiger partial charge >= 0.3 is 0 Å². The smallest absolute Gasteiger partial charge is 0.228 e. The zero-order chi connectivity index (χ0) is 17.5. The number of hydrogen-bond acceptors (Lipinski definition) is 4. The summed E-state index contributed by atoms with van der Waals surface area (Å²) in [7, 11) is 1.69. The van der Waals surface area contributed by atoms with E-state index in [0.717, 1.165) is 58.4 Å². The fraction of sp³-hybridized carbons (Fsp3) is 0.650. The molecule has 5 nitrogen and oxygen atoms in total. The van der Waals surface area contributed by atoms with Crippen LogP contribution in [-0.4, -0.2) is 56.7 Å². The van der Waals surface area contributed by atoms with Crippen molar-refractivity contribution >= 4 is 5.91 Å². The first-order valence-corrected chi connectivity index (χ1v) is 9.49. The van der Waals surface area contributed by atoms with Gasteiger partial charge in [0.1, 0.15) is 0 Å². The molecule has 0 saturated carbocycles. The van der Waals surface area contributed by atoms with Gasteiger partial charge in [0.05, 0.1) is 12.0 Å². The van der Waals surface area contributed by atoms with E-state index in [1.165, 1.54) is 5.56 Å². The highest BCUT2D eigenvalue weighted by Crippen LogP contribution is 2.30. The summed E-state index contributed by atoms with van der Waals surface area (Å²) in [6, 6.07) is 10.9. The number of nitrogens with zero attached hydrogens (tertiary/aromatic N) is 1. The van der Waals surface area contributed by atoms with Crippen LogP contribution in [0, 0.1) is 5.41 Å². The first kappa shape index (κ1) is 18.4. The van der Waals surface area contributed by atoms with Crippen LogP contribution >= 0.6 is 0 Å². The van der Waals surface area contributed by atoms with Crippen molar-refractivity contribution in [3.8, 4) is 0 Å². The Labute approximate surface area is 151 Å². The molecule has 2 N–H and O–H groups in total. The molecule has 2 fully saturated rings. The van der Waals surface area contributed by atoms with Crippen LogP contribution in [0.2, 0.25) is 0 Å². The highest BCUT2D eigenvalue weighted by Gasteiger charge is 2.40. The molecule has 0 radical (unpaired) electrons. The van der Waals surface area contributed by atoms with E-state index < -0.39 is 0 Å². The SMILES string of the molecule is COCC1(C(=O)NC2CCN(Cc3ccccc3)CC2)CCNCC1. The molecule has 1 amide bonds. The van der Waals surface area contributed by atoms with E-state index in [9.17, 15) is 4.79 Å². The third kappa shape index (κ3) is 4.81. The molecule has 25 heavy (non-hydrogen) atoms. The predicted molar refractivity (Wildman–Crippen MR) is 99.3 cm³/mol. The van der Waals surface area contributed by atoms with E-state index in [2.05, 4.69) is 45.9 Å². The average molecular weight is 345 g/mol. The van der Waals surface area contributed by atoms with Gasteiger partial charge < -0.3 is 15.4 Å². The van der Waals surface area contributed by atoms with Gasteiger partial charge in [-0.15, -0.1) is 0 Å². The molecule has 138 valence electrons. The summed E-state index contributed by atoms with van der Waals surface area (Å²) in [6.07, 6.45) is 3.78. The number of methoxy groups -OCH3 is 1. The maximum absolute atomic E-state index is 12.9. The molecule has 1 aromatic carbocycles. The van der Waals surface area contributed by atoms with Gasteiger partial charge in [0.15, 0.2) is 0 Å². The van der Waals surface area contributed by atoms with E-state index in [-0.39, 0.29) is 11.3 Å². The molecular formula is C20H31N3O2. The number of piperidine rings is 2. The van der Waals surface area contributed by atoms with Crippen molar-refractivity contribution in [1.29, 1.82) is 0 Å². The third-order valence-corrected chi connectivity index (χ3v) is 5.63. The van der Waals surface area contributed by atoms with Gasteiger partial charge in [-0.1, -0.05) is 30.3 Å². The zero-order valence-corrected chi connectivity index (χ0v) is 15.3. The second-order valence-electron chi connectivity index (χ2n) is 7.47. The molecule has 2 aliphatic rings. The van der Waals surface area contributed by atoms with Crippen molar-refractivity contribution in [3.63, 3.8) is 0 Å². The van der Waals surface area contributed by atoms with Crippen molar-refractivity contribution < 1.29 is 9.53 Å². The molecule has 0 spiro atoms. The Balaban J connectivity index is 1.48. The Morgan fingerprint density at radius 2 is 1.92 bits per heavy atom. The van der Waals surface area contributed by atoms with Gasteiger partial charge in [0.2, 0.25) is 5.91 Å².